The minimum absolute atomic E-state index is 0.593. The van der Waals surface area contributed by atoms with Gasteiger partial charge < -0.3 is 0 Å². The van der Waals surface area contributed by atoms with Gasteiger partial charge in [-0.05, 0) is 41.4 Å². The summed E-state index contributed by atoms with van der Waals surface area (Å²) in [6.45, 7) is 3.89. The zero-order valence-electron chi connectivity index (χ0n) is 9.44. The molecule has 1 rings (SSSR count). The quantitative estimate of drug-likeness (QED) is 0.233. The molecule has 0 aliphatic rings. The summed E-state index contributed by atoms with van der Waals surface area (Å²) in [5.41, 5.74) is 2.65. The summed E-state index contributed by atoms with van der Waals surface area (Å²) in [7, 11) is -10.7. The molecule has 1 aromatic carbocycles. The second-order valence-electron chi connectivity index (χ2n) is 3.50. The van der Waals surface area contributed by atoms with Gasteiger partial charge in [0.15, 0.2) is 4.98 Å². The molecule has 0 heterocycles. The first-order valence-corrected chi connectivity index (χ1v) is 8.01. The van der Waals surface area contributed by atoms with Crippen LogP contribution in [0.4, 0.5) is 30.9 Å². The van der Waals surface area contributed by atoms with Crippen LogP contribution in [0.2, 0.25) is 0 Å². The number of benzene rings is 1. The molecule has 0 atom stereocenters. The molecule has 0 radical (unpaired) electrons. The van der Waals surface area contributed by atoms with Crippen molar-refractivity contribution in [1.29, 1.82) is 5.39 Å². The third-order valence-corrected chi connectivity index (χ3v) is 3.28. The molecule has 0 unspecified atom stereocenters. The van der Waals surface area contributed by atoms with Gasteiger partial charge in [-0.1, -0.05) is 15.9 Å². The molecule has 0 amide bonds. The summed E-state index contributed by atoms with van der Waals surface area (Å²) in [6.07, 6.45) is 0. The van der Waals surface area contributed by atoms with E-state index in [9.17, 15) is 25.2 Å². The molecule has 2 nitrogen and oxygen atoms in total. The second-order valence-corrected chi connectivity index (χ2v) is 7.12. The Morgan fingerprint density at radius 3 is 1.63 bits per heavy atom. The van der Waals surface area contributed by atoms with Crippen molar-refractivity contribution in [3.05, 3.63) is 31.1 Å². The van der Waals surface area contributed by atoms with Crippen molar-refractivity contribution in [2.75, 3.05) is 0 Å². The third kappa shape index (κ3) is 9.19. The van der Waals surface area contributed by atoms with Crippen molar-refractivity contribution < 1.29 is 25.2 Å². The summed E-state index contributed by atoms with van der Waals surface area (Å²) in [5.74, 6) is 0. The first kappa shape index (κ1) is 18.6. The van der Waals surface area contributed by atoms with E-state index in [0.29, 0.717) is 5.69 Å². The van der Waals surface area contributed by atoms with Crippen LogP contribution in [0, 0.1) is 19.2 Å². The summed E-state index contributed by atoms with van der Waals surface area (Å²) in [5, 5.41) is 8.69. The molecule has 0 fully saturated rings. The monoisotopic (exact) mass is 434 g/mol. The first-order chi connectivity index (χ1) is 8.02. The Labute approximate surface area is 121 Å². The molecule has 0 spiro atoms. The molecule has 0 bridgehead atoms. The van der Waals surface area contributed by atoms with Gasteiger partial charge in [0.2, 0.25) is 5.39 Å². The number of nitrogens with zero attached hydrogens (tertiary/aromatic N) is 2. The normalized spacial score (nSPS) is 14.6. The van der Waals surface area contributed by atoms with Crippen LogP contribution >= 0.6 is 39.7 Å². The Balaban J connectivity index is 0.000000399. The predicted octanol–water partition coefficient (Wildman–Crippen LogP) is 7.70. The minimum atomic E-state index is -10.7. The molecule has 1 aromatic rings. The van der Waals surface area contributed by atoms with E-state index < -0.39 is 7.81 Å². The average molecular weight is 436 g/mol. The van der Waals surface area contributed by atoms with Crippen LogP contribution in [0.3, 0.4) is 0 Å². The zero-order valence-corrected chi connectivity index (χ0v) is 13.5. The van der Waals surface area contributed by atoms with Crippen LogP contribution in [0.5, 0.6) is 0 Å². The van der Waals surface area contributed by atoms with Gasteiger partial charge in [-0.2, -0.15) is 0 Å². The molecule has 0 aliphatic heterocycles. The van der Waals surface area contributed by atoms with Crippen LogP contribution in [-0.2, 0) is 0 Å². The summed E-state index contributed by atoms with van der Waals surface area (Å²) < 4.78 is 61.0. The maximum absolute atomic E-state index is 10.7. The molecule has 110 valence electrons. The van der Waals surface area contributed by atoms with Gasteiger partial charge in [-0.25, -0.2) is 0 Å². The maximum atomic E-state index is 9.87. The Morgan fingerprint density at radius 2 is 1.32 bits per heavy atom. The molecule has 0 aliphatic carbocycles. The Bertz CT molecular complexity index is 537. The third-order valence-electron chi connectivity index (χ3n) is 1.86. The fourth-order valence-electron chi connectivity index (χ4n) is 0.946. The standard InChI is InChI=1S/C8H7Br2N2.F6P/c1-4-5(2)8(12-11)7(10)3-6(4)9;1-7(2,3,4,5)6/h3H,1-2H3;/q+1;-1. The summed E-state index contributed by atoms with van der Waals surface area (Å²) in [6, 6.07) is 1.87. The molecule has 11 heteroatoms. The molecular formula is C8H7Br2F6N2P. The van der Waals surface area contributed by atoms with E-state index >= 15 is 0 Å². The fourth-order valence-corrected chi connectivity index (χ4v) is 2.39. The van der Waals surface area contributed by atoms with Crippen molar-refractivity contribution in [2.45, 2.75) is 13.8 Å². The Hall–Kier alpha value is -0.390. The number of hydrogen-bond donors (Lipinski definition) is 0. The van der Waals surface area contributed by atoms with Crippen molar-refractivity contribution in [3.63, 3.8) is 0 Å². The van der Waals surface area contributed by atoms with E-state index in [0.717, 1.165) is 20.1 Å². The van der Waals surface area contributed by atoms with E-state index in [4.69, 9.17) is 5.39 Å². The van der Waals surface area contributed by atoms with Gasteiger partial charge in [-0.3, -0.25) is 0 Å². The first-order valence-electron chi connectivity index (χ1n) is 4.39. The molecule has 0 saturated heterocycles. The van der Waals surface area contributed by atoms with Gasteiger partial charge in [0.05, 0.1) is 0 Å². The second kappa shape index (κ2) is 4.86. The Morgan fingerprint density at radius 1 is 0.947 bits per heavy atom. The zero-order chi connectivity index (χ0) is 15.7. The van der Waals surface area contributed by atoms with E-state index in [2.05, 4.69) is 36.8 Å². The number of hydrogen-bond acceptors (Lipinski definition) is 1. The SMILES string of the molecule is Cc1c(Br)cc(Br)c([N+]#N)c1C.F[P-](F)(F)(F)(F)F. The Kier molecular flexibility index (Phi) is 4.76. The molecule has 0 N–H and O–H groups in total. The molecule has 0 saturated carbocycles. The summed E-state index contributed by atoms with van der Waals surface area (Å²) >= 11 is 6.72. The van der Waals surface area contributed by atoms with Crippen LogP contribution < -0.4 is 0 Å². The van der Waals surface area contributed by atoms with E-state index in [1.807, 2.05) is 19.9 Å². The van der Waals surface area contributed by atoms with Gasteiger partial charge in [0.1, 0.15) is 4.47 Å². The summed E-state index contributed by atoms with van der Waals surface area (Å²) in [4.78, 5) is 3.20. The van der Waals surface area contributed by atoms with Crippen LogP contribution in [0.25, 0.3) is 4.98 Å². The van der Waals surface area contributed by atoms with Crippen LogP contribution in [0.1, 0.15) is 11.1 Å². The average Bonchev–Trinajstić information content (AvgIpc) is 2.10. The van der Waals surface area contributed by atoms with E-state index in [-0.39, 0.29) is 0 Å². The van der Waals surface area contributed by atoms with Crippen LogP contribution in [0.15, 0.2) is 15.0 Å². The van der Waals surface area contributed by atoms with E-state index in [1.54, 1.807) is 0 Å². The molecule has 0 aromatic heterocycles. The van der Waals surface area contributed by atoms with Crippen LogP contribution in [-0.4, -0.2) is 0 Å². The van der Waals surface area contributed by atoms with Gasteiger partial charge in [0.25, 0.3) is 0 Å². The van der Waals surface area contributed by atoms with Gasteiger partial charge in [0, 0.05) is 10.0 Å². The molecule has 19 heavy (non-hydrogen) atoms. The number of halogens is 8. The predicted molar refractivity (Wildman–Crippen MR) is 69.6 cm³/mol. The number of diazo groups is 1. The van der Waals surface area contributed by atoms with Gasteiger partial charge in [-0.15, -0.1) is 0 Å². The molecular weight excluding hydrogens is 429 g/mol. The van der Waals surface area contributed by atoms with Crippen molar-refractivity contribution in [2.24, 2.45) is 0 Å². The van der Waals surface area contributed by atoms with E-state index in [1.165, 1.54) is 0 Å². The van der Waals surface area contributed by atoms with Gasteiger partial charge >= 0.3 is 38.7 Å². The van der Waals surface area contributed by atoms with Crippen molar-refractivity contribution in [3.8, 4) is 0 Å². The topological polar surface area (TPSA) is 28.1 Å². The van der Waals surface area contributed by atoms with Crippen molar-refractivity contribution >= 4 is 45.4 Å². The number of rotatable bonds is 0. The fraction of sp³-hybridized carbons (Fsp3) is 0.250. The van der Waals surface area contributed by atoms with Crippen molar-refractivity contribution in [1.82, 2.24) is 0 Å².